The minimum absolute atomic E-state index is 0.435. The molecular formula is C26H25N7O. The molecule has 6 rings (SSSR count). The Balaban J connectivity index is 1.45. The first-order valence-corrected chi connectivity index (χ1v) is 11.7. The highest BCUT2D eigenvalue weighted by atomic mass is 16.5. The van der Waals surface area contributed by atoms with E-state index in [1.807, 2.05) is 22.8 Å². The van der Waals surface area contributed by atoms with Gasteiger partial charge in [-0.05, 0) is 46.9 Å². The number of hydrogen-bond donors (Lipinski definition) is 1. The molecule has 3 aromatic heterocycles. The van der Waals surface area contributed by atoms with Crippen LogP contribution < -0.4 is 4.74 Å². The fourth-order valence-corrected chi connectivity index (χ4v) is 5.02. The molecular weight excluding hydrogens is 426 g/mol. The molecule has 0 spiro atoms. The van der Waals surface area contributed by atoms with Gasteiger partial charge in [0.25, 0.3) is 0 Å². The van der Waals surface area contributed by atoms with E-state index in [1.165, 1.54) is 25.0 Å². The van der Waals surface area contributed by atoms with Gasteiger partial charge in [-0.1, -0.05) is 55.7 Å². The molecule has 8 nitrogen and oxygen atoms in total. The molecule has 0 saturated heterocycles. The molecule has 1 fully saturated rings. The Kier molecular flexibility index (Phi) is 5.25. The maximum absolute atomic E-state index is 5.39. The van der Waals surface area contributed by atoms with Crippen molar-refractivity contribution in [2.45, 2.75) is 38.0 Å². The molecule has 5 aromatic rings. The molecule has 170 valence electrons. The van der Waals surface area contributed by atoms with Crippen LogP contribution in [0.15, 0.2) is 60.9 Å². The van der Waals surface area contributed by atoms with Crippen LogP contribution >= 0.6 is 0 Å². The fourth-order valence-electron chi connectivity index (χ4n) is 5.02. The van der Waals surface area contributed by atoms with Gasteiger partial charge in [0.05, 0.1) is 24.6 Å². The van der Waals surface area contributed by atoms with Crippen molar-refractivity contribution in [3.05, 3.63) is 66.6 Å². The predicted octanol–water partition coefficient (Wildman–Crippen LogP) is 5.30. The third-order valence-corrected chi connectivity index (χ3v) is 6.74. The van der Waals surface area contributed by atoms with Crippen LogP contribution in [0.1, 0.15) is 43.7 Å². The number of benzene rings is 2. The Labute approximate surface area is 197 Å². The van der Waals surface area contributed by atoms with Gasteiger partial charge in [0.2, 0.25) is 5.82 Å². The number of aromatic nitrogens is 7. The van der Waals surface area contributed by atoms with Gasteiger partial charge in [-0.15, -0.1) is 10.2 Å². The van der Waals surface area contributed by atoms with Crippen molar-refractivity contribution in [3.8, 4) is 39.4 Å². The second kappa shape index (κ2) is 8.70. The zero-order valence-electron chi connectivity index (χ0n) is 19.0. The zero-order valence-corrected chi connectivity index (χ0v) is 19.0. The lowest BCUT2D eigenvalue weighted by molar-refractivity contribution is 0.415. The molecule has 0 aliphatic heterocycles. The van der Waals surface area contributed by atoms with Gasteiger partial charge < -0.3 is 4.74 Å². The van der Waals surface area contributed by atoms with Crippen molar-refractivity contribution >= 4 is 5.65 Å². The van der Waals surface area contributed by atoms with E-state index in [0.29, 0.717) is 11.7 Å². The van der Waals surface area contributed by atoms with Crippen LogP contribution in [0.4, 0.5) is 0 Å². The summed E-state index contributed by atoms with van der Waals surface area (Å²) in [6.45, 7) is 0. The van der Waals surface area contributed by atoms with Crippen LogP contribution in [-0.2, 0) is 0 Å². The second-order valence-electron chi connectivity index (χ2n) is 8.73. The molecule has 1 aliphatic carbocycles. The van der Waals surface area contributed by atoms with Crippen LogP contribution in [0.5, 0.6) is 5.75 Å². The van der Waals surface area contributed by atoms with Gasteiger partial charge >= 0.3 is 0 Å². The molecule has 0 bridgehead atoms. The average Bonchev–Trinajstić information content (AvgIpc) is 3.59. The van der Waals surface area contributed by atoms with Crippen molar-refractivity contribution in [1.29, 1.82) is 0 Å². The van der Waals surface area contributed by atoms with E-state index in [0.717, 1.165) is 52.1 Å². The molecule has 34 heavy (non-hydrogen) atoms. The van der Waals surface area contributed by atoms with Crippen LogP contribution in [0.3, 0.4) is 0 Å². The largest absolute Gasteiger partial charge is 0.497 e. The quantitative estimate of drug-likeness (QED) is 0.390. The number of nitrogens with one attached hydrogen (secondary N) is 1. The van der Waals surface area contributed by atoms with Crippen molar-refractivity contribution in [2.24, 2.45) is 0 Å². The highest BCUT2D eigenvalue weighted by Crippen LogP contribution is 2.39. The number of H-pyrrole nitrogens is 1. The first-order valence-electron chi connectivity index (χ1n) is 11.7. The normalized spacial score (nSPS) is 14.5. The van der Waals surface area contributed by atoms with E-state index >= 15 is 0 Å². The summed E-state index contributed by atoms with van der Waals surface area (Å²) in [5.41, 5.74) is 7.30. The third-order valence-electron chi connectivity index (χ3n) is 6.74. The van der Waals surface area contributed by atoms with Gasteiger partial charge in [-0.3, -0.25) is 0 Å². The van der Waals surface area contributed by atoms with Crippen molar-refractivity contribution in [2.75, 3.05) is 7.11 Å². The van der Waals surface area contributed by atoms with Gasteiger partial charge in [-0.2, -0.15) is 10.3 Å². The number of nitrogens with zero attached hydrogens (tertiary/aromatic N) is 6. The number of methoxy groups -OCH3 is 1. The van der Waals surface area contributed by atoms with E-state index in [1.54, 1.807) is 13.3 Å². The van der Waals surface area contributed by atoms with Crippen LogP contribution in [0, 0.1) is 0 Å². The molecule has 0 unspecified atom stereocenters. The second-order valence-corrected chi connectivity index (χ2v) is 8.73. The zero-order chi connectivity index (χ0) is 22.9. The summed E-state index contributed by atoms with van der Waals surface area (Å²) in [6.07, 6.45) is 9.85. The summed E-state index contributed by atoms with van der Waals surface area (Å²) in [4.78, 5) is 4.79. The van der Waals surface area contributed by atoms with E-state index in [2.05, 4.69) is 57.0 Å². The Morgan fingerprint density at radius 1 is 0.912 bits per heavy atom. The summed E-state index contributed by atoms with van der Waals surface area (Å²) in [5, 5.41) is 19.2. The molecule has 2 aromatic carbocycles. The lowest BCUT2D eigenvalue weighted by Gasteiger charge is -2.25. The van der Waals surface area contributed by atoms with E-state index in [9.17, 15) is 0 Å². The average molecular weight is 452 g/mol. The Hall–Kier alpha value is -4.07. The summed E-state index contributed by atoms with van der Waals surface area (Å²) < 4.78 is 7.38. The topological polar surface area (TPSA) is 93.9 Å². The van der Waals surface area contributed by atoms with Crippen LogP contribution in [-0.4, -0.2) is 42.3 Å². The number of ether oxygens (including phenoxy) is 1. The van der Waals surface area contributed by atoms with Crippen LogP contribution in [0.25, 0.3) is 39.3 Å². The minimum Gasteiger partial charge on any atom is -0.497 e. The standard InChI is InChI=1S/C26H25N7O/c1-34-21-9-5-8-20(14-21)17-10-12-18(13-11-17)22-15-27-26-23(25-29-31-32-30-25)16-28-33(26)24(22)19-6-3-2-4-7-19/h5,8-16,19H,2-4,6-7H2,1H3,(H,29,30,31,32). The predicted molar refractivity (Wildman–Crippen MR) is 129 cm³/mol. The maximum Gasteiger partial charge on any atom is 0.210 e. The van der Waals surface area contributed by atoms with Crippen molar-refractivity contribution < 1.29 is 4.74 Å². The van der Waals surface area contributed by atoms with E-state index in [-0.39, 0.29) is 0 Å². The number of aromatic amines is 1. The monoisotopic (exact) mass is 451 g/mol. The smallest absolute Gasteiger partial charge is 0.210 e. The summed E-state index contributed by atoms with van der Waals surface area (Å²) in [6, 6.07) is 16.8. The Morgan fingerprint density at radius 2 is 1.74 bits per heavy atom. The van der Waals surface area contributed by atoms with Gasteiger partial charge in [0.1, 0.15) is 5.75 Å². The number of tetrazole rings is 1. The molecule has 1 saturated carbocycles. The Bertz CT molecular complexity index is 1420. The molecule has 0 atom stereocenters. The number of rotatable bonds is 5. The molecule has 8 heteroatoms. The molecule has 0 radical (unpaired) electrons. The van der Waals surface area contributed by atoms with Crippen molar-refractivity contribution in [1.82, 2.24) is 35.2 Å². The first-order chi connectivity index (χ1) is 16.8. The first kappa shape index (κ1) is 20.5. The molecule has 1 N–H and O–H groups in total. The Morgan fingerprint density at radius 3 is 2.50 bits per heavy atom. The van der Waals surface area contributed by atoms with E-state index < -0.39 is 0 Å². The SMILES string of the molecule is COc1cccc(-c2ccc(-c3cnc4c(-c5nn[nH]n5)cnn4c3C3CCCCC3)cc2)c1. The molecule has 1 aliphatic rings. The number of hydrogen-bond acceptors (Lipinski definition) is 6. The minimum atomic E-state index is 0.435. The summed E-state index contributed by atoms with van der Waals surface area (Å²) in [5.74, 6) is 1.80. The summed E-state index contributed by atoms with van der Waals surface area (Å²) >= 11 is 0. The molecule has 3 heterocycles. The molecule has 0 amide bonds. The highest BCUT2D eigenvalue weighted by Gasteiger charge is 2.25. The summed E-state index contributed by atoms with van der Waals surface area (Å²) in [7, 11) is 1.69. The van der Waals surface area contributed by atoms with E-state index in [4.69, 9.17) is 14.8 Å². The highest BCUT2D eigenvalue weighted by molar-refractivity contribution is 5.76. The lowest BCUT2D eigenvalue weighted by atomic mass is 9.84. The third kappa shape index (κ3) is 3.61. The maximum atomic E-state index is 5.39. The lowest BCUT2D eigenvalue weighted by Crippen LogP contribution is -2.12. The number of fused-ring (bicyclic) bond motifs is 1. The van der Waals surface area contributed by atoms with Crippen molar-refractivity contribution in [3.63, 3.8) is 0 Å². The van der Waals surface area contributed by atoms with Gasteiger partial charge in [0, 0.05) is 17.7 Å². The van der Waals surface area contributed by atoms with Crippen LogP contribution in [0.2, 0.25) is 0 Å². The van der Waals surface area contributed by atoms with Gasteiger partial charge in [-0.25, -0.2) is 9.50 Å². The fraction of sp³-hybridized carbons (Fsp3) is 0.269. The van der Waals surface area contributed by atoms with Gasteiger partial charge in [0.15, 0.2) is 5.65 Å².